The maximum absolute atomic E-state index is 12.4. The quantitative estimate of drug-likeness (QED) is 0.805. The molecule has 1 aromatic rings. The minimum Gasteiger partial charge on any atom is -0.486 e. The second-order valence-electron chi connectivity index (χ2n) is 3.39. The first kappa shape index (κ1) is 11.1. The lowest BCUT2D eigenvalue weighted by molar-refractivity contribution is -0.137. The Hall–Kier alpha value is -1.43. The molecule has 0 bridgehead atoms. The molecule has 1 atom stereocenters. The van der Waals surface area contributed by atoms with Gasteiger partial charge in [0.25, 0.3) is 0 Å². The van der Waals surface area contributed by atoms with E-state index in [1.807, 2.05) is 0 Å². The third kappa shape index (κ3) is 2.06. The summed E-state index contributed by atoms with van der Waals surface area (Å²) in [4.78, 5) is 0. The zero-order chi connectivity index (χ0) is 11.8. The molecule has 16 heavy (non-hydrogen) atoms. The molecule has 88 valence electrons. The van der Waals surface area contributed by atoms with Gasteiger partial charge in [0.2, 0.25) is 0 Å². The molecule has 0 aromatic heterocycles. The van der Waals surface area contributed by atoms with Crippen LogP contribution in [-0.4, -0.2) is 24.4 Å². The van der Waals surface area contributed by atoms with Crippen LogP contribution in [0.1, 0.15) is 5.56 Å². The van der Waals surface area contributed by atoms with Crippen molar-refractivity contribution < 1.29 is 27.8 Å². The standard InChI is InChI=1S/C10H9F3O3/c11-10(12,13)6-1-2-8-9(3-6)15-5-7(4-14)16-8/h1-3,7,14H,4-5H2. The van der Waals surface area contributed by atoms with Crippen LogP contribution in [0.15, 0.2) is 18.2 Å². The minimum absolute atomic E-state index is 0.0464. The highest BCUT2D eigenvalue weighted by Gasteiger charge is 2.32. The van der Waals surface area contributed by atoms with Gasteiger partial charge in [-0.3, -0.25) is 0 Å². The molecule has 0 fully saturated rings. The molecule has 3 nitrogen and oxygen atoms in total. The van der Waals surface area contributed by atoms with Crippen molar-refractivity contribution in [2.75, 3.05) is 13.2 Å². The summed E-state index contributed by atoms with van der Waals surface area (Å²) < 4.78 is 47.4. The molecule has 1 N–H and O–H groups in total. The van der Waals surface area contributed by atoms with Crippen LogP contribution in [0, 0.1) is 0 Å². The van der Waals surface area contributed by atoms with E-state index in [2.05, 4.69) is 0 Å². The van der Waals surface area contributed by atoms with Gasteiger partial charge in [-0.05, 0) is 18.2 Å². The average Bonchev–Trinajstić information content (AvgIpc) is 2.26. The fourth-order valence-corrected chi connectivity index (χ4v) is 1.38. The minimum atomic E-state index is -4.40. The van der Waals surface area contributed by atoms with Crippen molar-refractivity contribution in [1.82, 2.24) is 0 Å². The maximum Gasteiger partial charge on any atom is 0.416 e. The monoisotopic (exact) mass is 234 g/mol. The number of hydrogen-bond acceptors (Lipinski definition) is 3. The van der Waals surface area contributed by atoms with Gasteiger partial charge >= 0.3 is 6.18 Å². The molecule has 0 spiro atoms. The number of benzene rings is 1. The Bertz CT molecular complexity index is 389. The molecule has 1 aromatic carbocycles. The van der Waals surface area contributed by atoms with Crippen LogP contribution < -0.4 is 9.47 Å². The van der Waals surface area contributed by atoms with Crippen LogP contribution in [0.3, 0.4) is 0 Å². The molecule has 0 saturated heterocycles. The SMILES string of the molecule is OCC1COc2cc(C(F)(F)F)ccc2O1. The third-order valence-electron chi connectivity index (χ3n) is 2.19. The van der Waals surface area contributed by atoms with Crippen LogP contribution in [0.4, 0.5) is 13.2 Å². The van der Waals surface area contributed by atoms with Crippen molar-refractivity contribution >= 4 is 0 Å². The highest BCUT2D eigenvalue weighted by atomic mass is 19.4. The number of rotatable bonds is 1. The molecule has 0 radical (unpaired) electrons. The van der Waals surface area contributed by atoms with E-state index >= 15 is 0 Å². The fraction of sp³-hybridized carbons (Fsp3) is 0.400. The normalized spacial score (nSPS) is 19.6. The summed E-state index contributed by atoms with van der Waals surface area (Å²) in [6.45, 7) is -0.189. The molecule has 6 heteroatoms. The fourth-order valence-electron chi connectivity index (χ4n) is 1.38. The number of aliphatic hydroxyl groups excluding tert-OH is 1. The number of hydrogen-bond donors (Lipinski definition) is 1. The van der Waals surface area contributed by atoms with Crippen molar-refractivity contribution in [3.63, 3.8) is 0 Å². The summed E-state index contributed by atoms with van der Waals surface area (Å²) in [5, 5.41) is 8.82. The summed E-state index contributed by atoms with van der Waals surface area (Å²) in [6, 6.07) is 3.00. The smallest absolute Gasteiger partial charge is 0.416 e. The van der Waals surface area contributed by atoms with Crippen molar-refractivity contribution in [3.8, 4) is 11.5 Å². The van der Waals surface area contributed by atoms with Crippen LogP contribution in [-0.2, 0) is 6.18 Å². The Morgan fingerprint density at radius 2 is 2.06 bits per heavy atom. The van der Waals surface area contributed by atoms with E-state index in [9.17, 15) is 13.2 Å². The highest BCUT2D eigenvalue weighted by molar-refractivity contribution is 5.44. The molecular formula is C10H9F3O3. The second-order valence-corrected chi connectivity index (χ2v) is 3.39. The third-order valence-corrected chi connectivity index (χ3v) is 2.19. The number of aliphatic hydroxyl groups is 1. The topological polar surface area (TPSA) is 38.7 Å². The van der Waals surface area contributed by atoms with Gasteiger partial charge in [0, 0.05) is 0 Å². The molecule has 0 saturated carbocycles. The Balaban J connectivity index is 2.28. The second kappa shape index (κ2) is 3.86. The van der Waals surface area contributed by atoms with Crippen molar-refractivity contribution in [3.05, 3.63) is 23.8 Å². The summed E-state index contributed by atoms with van der Waals surface area (Å²) >= 11 is 0. The van der Waals surface area contributed by atoms with Crippen molar-refractivity contribution in [2.45, 2.75) is 12.3 Å². The molecule has 2 rings (SSSR count). The molecule has 1 aliphatic rings. The molecule has 0 aliphatic carbocycles. The van der Waals surface area contributed by atoms with E-state index in [1.54, 1.807) is 0 Å². The van der Waals surface area contributed by atoms with E-state index in [4.69, 9.17) is 14.6 Å². The Labute approximate surface area is 89.4 Å². The molecule has 1 aliphatic heterocycles. The van der Waals surface area contributed by atoms with Crippen LogP contribution >= 0.6 is 0 Å². The zero-order valence-corrected chi connectivity index (χ0v) is 8.12. The van der Waals surface area contributed by atoms with E-state index < -0.39 is 17.8 Å². The molecule has 1 heterocycles. The van der Waals surface area contributed by atoms with Gasteiger partial charge in [-0.15, -0.1) is 0 Å². The summed E-state index contributed by atoms with van der Waals surface area (Å²) in [6.07, 6.45) is -4.92. The zero-order valence-electron chi connectivity index (χ0n) is 8.12. The summed E-state index contributed by atoms with van der Waals surface area (Å²) in [7, 11) is 0. The summed E-state index contributed by atoms with van der Waals surface area (Å²) in [5.41, 5.74) is -0.780. The molecular weight excluding hydrogens is 225 g/mol. The van der Waals surface area contributed by atoms with Gasteiger partial charge in [0.15, 0.2) is 17.6 Å². The predicted molar refractivity (Wildman–Crippen MR) is 48.4 cm³/mol. The van der Waals surface area contributed by atoms with E-state index in [0.29, 0.717) is 0 Å². The van der Waals surface area contributed by atoms with Gasteiger partial charge < -0.3 is 14.6 Å². The lowest BCUT2D eigenvalue weighted by Gasteiger charge is -2.25. The van der Waals surface area contributed by atoms with Crippen molar-refractivity contribution in [1.29, 1.82) is 0 Å². The number of alkyl halides is 3. The number of ether oxygens (including phenoxy) is 2. The van der Waals surface area contributed by atoms with Crippen LogP contribution in [0.25, 0.3) is 0 Å². The van der Waals surface area contributed by atoms with E-state index in [-0.39, 0.29) is 24.7 Å². The number of fused-ring (bicyclic) bond motifs is 1. The van der Waals surface area contributed by atoms with E-state index in [0.717, 1.165) is 12.1 Å². The van der Waals surface area contributed by atoms with Gasteiger partial charge in [0.05, 0.1) is 12.2 Å². The van der Waals surface area contributed by atoms with E-state index in [1.165, 1.54) is 6.07 Å². The van der Waals surface area contributed by atoms with Gasteiger partial charge in [-0.1, -0.05) is 0 Å². The molecule has 1 unspecified atom stereocenters. The Morgan fingerprint density at radius 1 is 1.31 bits per heavy atom. The van der Waals surface area contributed by atoms with Crippen LogP contribution in [0.5, 0.6) is 11.5 Å². The Kier molecular flexibility index (Phi) is 2.67. The van der Waals surface area contributed by atoms with Gasteiger partial charge in [0.1, 0.15) is 6.61 Å². The predicted octanol–water partition coefficient (Wildman–Crippen LogP) is 1.84. The average molecular weight is 234 g/mol. The number of halogens is 3. The van der Waals surface area contributed by atoms with Crippen molar-refractivity contribution in [2.24, 2.45) is 0 Å². The first-order chi connectivity index (χ1) is 7.50. The Morgan fingerprint density at radius 3 is 2.69 bits per heavy atom. The summed E-state index contributed by atoms with van der Waals surface area (Å²) in [5.74, 6) is 0.276. The van der Waals surface area contributed by atoms with Gasteiger partial charge in [-0.25, -0.2) is 0 Å². The van der Waals surface area contributed by atoms with Gasteiger partial charge in [-0.2, -0.15) is 13.2 Å². The maximum atomic E-state index is 12.4. The first-order valence-corrected chi connectivity index (χ1v) is 4.62. The lowest BCUT2D eigenvalue weighted by atomic mass is 10.2. The first-order valence-electron chi connectivity index (χ1n) is 4.62. The molecule has 0 amide bonds. The van der Waals surface area contributed by atoms with Crippen LogP contribution in [0.2, 0.25) is 0 Å². The highest BCUT2D eigenvalue weighted by Crippen LogP contribution is 2.38. The lowest BCUT2D eigenvalue weighted by Crippen LogP contribution is -2.32. The largest absolute Gasteiger partial charge is 0.486 e.